The SMILES string of the molecule is Clc1ccccc1CCN1CCN(C/C=C/c2ccccc2)CC1. The van der Waals surface area contributed by atoms with Crippen LogP contribution in [0.5, 0.6) is 0 Å². The molecule has 1 aliphatic heterocycles. The van der Waals surface area contributed by atoms with Crippen LogP contribution < -0.4 is 0 Å². The Bertz CT molecular complexity index is 646. The summed E-state index contributed by atoms with van der Waals surface area (Å²) in [5.74, 6) is 0. The zero-order chi connectivity index (χ0) is 16.6. The average molecular weight is 341 g/mol. The number of hydrogen-bond donors (Lipinski definition) is 0. The minimum Gasteiger partial charge on any atom is -0.300 e. The molecule has 1 aliphatic rings. The molecule has 0 unspecified atom stereocenters. The minimum absolute atomic E-state index is 0.891. The fourth-order valence-corrected chi connectivity index (χ4v) is 3.31. The number of hydrogen-bond acceptors (Lipinski definition) is 2. The summed E-state index contributed by atoms with van der Waals surface area (Å²) in [5.41, 5.74) is 2.53. The molecule has 1 saturated heterocycles. The second kappa shape index (κ2) is 9.03. The summed E-state index contributed by atoms with van der Waals surface area (Å²) < 4.78 is 0. The predicted molar refractivity (Wildman–Crippen MR) is 104 cm³/mol. The van der Waals surface area contributed by atoms with Crippen molar-refractivity contribution in [3.63, 3.8) is 0 Å². The smallest absolute Gasteiger partial charge is 0.0438 e. The molecule has 1 heterocycles. The van der Waals surface area contributed by atoms with Crippen LogP contribution in [-0.2, 0) is 6.42 Å². The minimum atomic E-state index is 0.891. The molecule has 0 radical (unpaired) electrons. The summed E-state index contributed by atoms with van der Waals surface area (Å²) in [5, 5.41) is 0.891. The molecule has 0 amide bonds. The monoisotopic (exact) mass is 340 g/mol. The lowest BCUT2D eigenvalue weighted by Crippen LogP contribution is -2.46. The molecule has 0 bridgehead atoms. The maximum absolute atomic E-state index is 6.24. The van der Waals surface area contributed by atoms with Gasteiger partial charge >= 0.3 is 0 Å². The molecule has 0 atom stereocenters. The summed E-state index contributed by atoms with van der Waals surface area (Å²) in [4.78, 5) is 5.06. The van der Waals surface area contributed by atoms with Crippen LogP contribution in [0.4, 0.5) is 0 Å². The van der Waals surface area contributed by atoms with Crippen LogP contribution in [0.25, 0.3) is 6.08 Å². The van der Waals surface area contributed by atoms with Gasteiger partial charge in [-0.25, -0.2) is 0 Å². The van der Waals surface area contributed by atoms with Gasteiger partial charge in [0, 0.05) is 44.3 Å². The first kappa shape index (κ1) is 17.2. The first-order valence-corrected chi connectivity index (χ1v) is 9.09. The molecule has 0 aromatic heterocycles. The summed E-state index contributed by atoms with van der Waals surface area (Å²) in [6, 6.07) is 18.7. The van der Waals surface area contributed by atoms with Crippen molar-refractivity contribution in [1.82, 2.24) is 9.80 Å². The highest BCUT2D eigenvalue weighted by atomic mass is 35.5. The van der Waals surface area contributed by atoms with Gasteiger partial charge in [0.05, 0.1) is 0 Å². The van der Waals surface area contributed by atoms with Crippen LogP contribution in [0.3, 0.4) is 0 Å². The Labute approximate surface area is 150 Å². The van der Waals surface area contributed by atoms with Crippen molar-refractivity contribution >= 4 is 17.7 Å². The molecule has 0 N–H and O–H groups in total. The van der Waals surface area contributed by atoms with Gasteiger partial charge in [-0.15, -0.1) is 0 Å². The van der Waals surface area contributed by atoms with E-state index < -0.39 is 0 Å². The maximum atomic E-state index is 6.24. The van der Waals surface area contributed by atoms with Crippen LogP contribution in [0.1, 0.15) is 11.1 Å². The predicted octanol–water partition coefficient (Wildman–Crippen LogP) is 4.21. The molecule has 0 aliphatic carbocycles. The molecule has 2 nitrogen and oxygen atoms in total. The molecule has 1 fully saturated rings. The van der Waals surface area contributed by atoms with Gasteiger partial charge in [-0.2, -0.15) is 0 Å². The molecule has 0 saturated carbocycles. The van der Waals surface area contributed by atoms with E-state index in [0.29, 0.717) is 0 Å². The fraction of sp³-hybridized carbons (Fsp3) is 0.333. The third-order valence-electron chi connectivity index (χ3n) is 4.59. The average Bonchev–Trinajstić information content (AvgIpc) is 2.63. The van der Waals surface area contributed by atoms with E-state index in [9.17, 15) is 0 Å². The van der Waals surface area contributed by atoms with E-state index >= 15 is 0 Å². The van der Waals surface area contributed by atoms with Gasteiger partial charge in [-0.3, -0.25) is 4.90 Å². The third kappa shape index (κ3) is 5.20. The van der Waals surface area contributed by atoms with E-state index in [2.05, 4.69) is 64.4 Å². The van der Waals surface area contributed by atoms with Crippen molar-refractivity contribution in [3.05, 3.63) is 76.8 Å². The molecule has 0 spiro atoms. The van der Waals surface area contributed by atoms with E-state index in [1.807, 2.05) is 12.1 Å². The second-order valence-electron chi connectivity index (χ2n) is 6.30. The molecule has 2 aromatic rings. The standard InChI is InChI=1S/C21H25ClN2/c22-21-11-5-4-10-20(21)12-14-24-17-15-23(16-18-24)13-6-9-19-7-2-1-3-8-19/h1-11H,12-18H2/b9-6+. The Kier molecular flexibility index (Phi) is 6.48. The first-order valence-electron chi connectivity index (χ1n) is 8.71. The third-order valence-corrected chi connectivity index (χ3v) is 4.96. The van der Waals surface area contributed by atoms with Crippen molar-refractivity contribution < 1.29 is 0 Å². The topological polar surface area (TPSA) is 6.48 Å². The summed E-state index contributed by atoms with van der Waals surface area (Å²) in [6.07, 6.45) is 5.52. The first-order chi connectivity index (χ1) is 11.8. The lowest BCUT2D eigenvalue weighted by molar-refractivity contribution is 0.144. The molecule has 2 aromatic carbocycles. The molecule has 3 heteroatoms. The zero-order valence-corrected chi connectivity index (χ0v) is 14.8. The Morgan fingerprint density at radius 3 is 2.25 bits per heavy atom. The largest absolute Gasteiger partial charge is 0.300 e. The van der Waals surface area contributed by atoms with E-state index in [1.165, 1.54) is 11.1 Å². The van der Waals surface area contributed by atoms with Crippen LogP contribution in [-0.4, -0.2) is 49.1 Å². The molecular formula is C21H25ClN2. The summed E-state index contributed by atoms with van der Waals surface area (Å²) in [7, 11) is 0. The second-order valence-corrected chi connectivity index (χ2v) is 6.70. The number of nitrogens with zero attached hydrogens (tertiary/aromatic N) is 2. The van der Waals surface area contributed by atoms with Gasteiger partial charge in [0.1, 0.15) is 0 Å². The lowest BCUT2D eigenvalue weighted by Gasteiger charge is -2.34. The fourth-order valence-electron chi connectivity index (χ4n) is 3.08. The van der Waals surface area contributed by atoms with Crippen molar-refractivity contribution in [2.24, 2.45) is 0 Å². The van der Waals surface area contributed by atoms with E-state index in [-0.39, 0.29) is 0 Å². The lowest BCUT2D eigenvalue weighted by atomic mass is 10.1. The molecule has 126 valence electrons. The number of piperazine rings is 1. The maximum Gasteiger partial charge on any atom is 0.0438 e. The molecule has 24 heavy (non-hydrogen) atoms. The number of halogens is 1. The Balaban J connectivity index is 1.38. The van der Waals surface area contributed by atoms with Crippen molar-refractivity contribution in [3.8, 4) is 0 Å². The highest BCUT2D eigenvalue weighted by Crippen LogP contribution is 2.16. The van der Waals surface area contributed by atoms with Crippen LogP contribution in [0.2, 0.25) is 5.02 Å². The molecular weight excluding hydrogens is 316 g/mol. The summed E-state index contributed by atoms with van der Waals surface area (Å²) >= 11 is 6.24. The quantitative estimate of drug-likeness (QED) is 0.777. The van der Waals surface area contributed by atoms with Gasteiger partial charge in [0.2, 0.25) is 0 Å². The normalized spacial score (nSPS) is 16.7. The Hall–Kier alpha value is -1.61. The molecule has 3 rings (SSSR count). The van der Waals surface area contributed by atoms with Crippen molar-refractivity contribution in [2.75, 3.05) is 39.3 Å². The van der Waals surface area contributed by atoms with E-state index in [1.54, 1.807) is 0 Å². The summed E-state index contributed by atoms with van der Waals surface area (Å²) in [6.45, 7) is 6.70. The van der Waals surface area contributed by atoms with Gasteiger partial charge in [0.15, 0.2) is 0 Å². The van der Waals surface area contributed by atoms with Crippen LogP contribution >= 0.6 is 11.6 Å². The van der Waals surface area contributed by atoms with Crippen LogP contribution in [0.15, 0.2) is 60.7 Å². The van der Waals surface area contributed by atoms with Gasteiger partial charge in [-0.1, -0.05) is 72.3 Å². The Morgan fingerprint density at radius 2 is 1.50 bits per heavy atom. The van der Waals surface area contributed by atoms with Crippen molar-refractivity contribution in [1.29, 1.82) is 0 Å². The van der Waals surface area contributed by atoms with Crippen LogP contribution in [0, 0.1) is 0 Å². The van der Waals surface area contributed by atoms with E-state index in [4.69, 9.17) is 11.6 Å². The van der Waals surface area contributed by atoms with Gasteiger partial charge < -0.3 is 4.90 Å². The number of benzene rings is 2. The highest BCUT2D eigenvalue weighted by Gasteiger charge is 2.15. The van der Waals surface area contributed by atoms with Crippen molar-refractivity contribution in [2.45, 2.75) is 6.42 Å². The zero-order valence-electron chi connectivity index (χ0n) is 14.1. The number of rotatable bonds is 6. The van der Waals surface area contributed by atoms with Gasteiger partial charge in [0.25, 0.3) is 0 Å². The highest BCUT2D eigenvalue weighted by molar-refractivity contribution is 6.31. The van der Waals surface area contributed by atoms with E-state index in [0.717, 1.165) is 50.7 Å². The van der Waals surface area contributed by atoms with Gasteiger partial charge in [-0.05, 0) is 23.6 Å². The Morgan fingerprint density at radius 1 is 0.833 bits per heavy atom.